The standard InChI is InChI=1S/C15H19ClN6O2/c1-10-4-5-17-14(13(10)16)20-6-7-21-11(8-20)18-22(15(21)24)9-12(23)19(2)3/h4-5H,6-9H2,1-3H3. The third-order valence-electron chi connectivity index (χ3n) is 4.07. The molecule has 2 aromatic heterocycles. The number of aromatic nitrogens is 4. The summed E-state index contributed by atoms with van der Waals surface area (Å²) in [6.07, 6.45) is 1.71. The van der Waals surface area contributed by atoms with E-state index in [1.54, 1.807) is 24.9 Å². The molecule has 0 bridgehead atoms. The maximum Gasteiger partial charge on any atom is 0.346 e. The van der Waals surface area contributed by atoms with Crippen LogP contribution in [0.4, 0.5) is 5.82 Å². The molecular weight excluding hydrogens is 332 g/mol. The van der Waals surface area contributed by atoms with E-state index in [1.165, 1.54) is 9.58 Å². The molecule has 0 saturated heterocycles. The summed E-state index contributed by atoms with van der Waals surface area (Å²) in [7, 11) is 3.30. The fourth-order valence-electron chi connectivity index (χ4n) is 2.60. The van der Waals surface area contributed by atoms with Crippen LogP contribution in [-0.4, -0.2) is 50.8 Å². The summed E-state index contributed by atoms with van der Waals surface area (Å²) in [6.45, 7) is 3.38. The Morgan fingerprint density at radius 2 is 2.12 bits per heavy atom. The highest BCUT2D eigenvalue weighted by Gasteiger charge is 2.25. The fraction of sp³-hybridized carbons (Fsp3) is 0.467. The molecule has 2 aromatic rings. The Morgan fingerprint density at radius 1 is 1.38 bits per heavy atom. The Labute approximate surface area is 144 Å². The SMILES string of the molecule is Cc1ccnc(N2CCn3c(nn(CC(=O)N(C)C)c3=O)C2)c1Cl. The Kier molecular flexibility index (Phi) is 4.31. The van der Waals surface area contributed by atoms with Gasteiger partial charge in [0.05, 0.1) is 11.6 Å². The van der Waals surface area contributed by atoms with E-state index in [4.69, 9.17) is 11.6 Å². The van der Waals surface area contributed by atoms with E-state index in [0.717, 1.165) is 5.56 Å². The van der Waals surface area contributed by atoms with Crippen molar-refractivity contribution in [1.29, 1.82) is 0 Å². The summed E-state index contributed by atoms with van der Waals surface area (Å²) < 4.78 is 2.82. The maximum atomic E-state index is 12.4. The third-order valence-corrected chi connectivity index (χ3v) is 4.54. The molecule has 3 heterocycles. The lowest BCUT2D eigenvalue weighted by Gasteiger charge is -2.28. The van der Waals surface area contributed by atoms with Crippen LogP contribution in [0.15, 0.2) is 17.1 Å². The molecule has 0 radical (unpaired) electrons. The molecule has 128 valence electrons. The van der Waals surface area contributed by atoms with Gasteiger partial charge in [0.1, 0.15) is 12.4 Å². The monoisotopic (exact) mass is 350 g/mol. The number of rotatable bonds is 3. The molecule has 1 aliphatic rings. The van der Waals surface area contributed by atoms with Crippen LogP contribution in [0, 0.1) is 6.92 Å². The van der Waals surface area contributed by atoms with Crippen molar-refractivity contribution in [3.63, 3.8) is 0 Å². The molecule has 0 atom stereocenters. The van der Waals surface area contributed by atoms with Crippen molar-refractivity contribution in [1.82, 2.24) is 24.2 Å². The smallest absolute Gasteiger partial charge is 0.346 e. The van der Waals surface area contributed by atoms with E-state index in [-0.39, 0.29) is 18.1 Å². The van der Waals surface area contributed by atoms with E-state index in [1.807, 2.05) is 17.9 Å². The van der Waals surface area contributed by atoms with Gasteiger partial charge >= 0.3 is 5.69 Å². The van der Waals surface area contributed by atoms with Crippen LogP contribution in [0.5, 0.6) is 0 Å². The largest absolute Gasteiger partial charge is 0.347 e. The number of pyridine rings is 1. The van der Waals surface area contributed by atoms with Crippen molar-refractivity contribution in [3.05, 3.63) is 39.2 Å². The van der Waals surface area contributed by atoms with E-state index in [0.29, 0.717) is 36.3 Å². The van der Waals surface area contributed by atoms with Crippen molar-refractivity contribution in [2.75, 3.05) is 25.5 Å². The van der Waals surface area contributed by atoms with E-state index < -0.39 is 0 Å². The Balaban J connectivity index is 1.88. The van der Waals surface area contributed by atoms with Crippen molar-refractivity contribution in [3.8, 4) is 0 Å². The molecular formula is C15H19ClN6O2. The van der Waals surface area contributed by atoms with Crippen molar-refractivity contribution < 1.29 is 4.79 Å². The lowest BCUT2D eigenvalue weighted by molar-refractivity contribution is -0.129. The molecule has 0 N–H and O–H groups in total. The number of carbonyl (C=O) groups excluding carboxylic acids is 1. The number of aryl methyl sites for hydroxylation is 1. The second kappa shape index (κ2) is 6.27. The average molecular weight is 351 g/mol. The molecule has 8 nitrogen and oxygen atoms in total. The van der Waals surface area contributed by atoms with Crippen LogP contribution in [0.3, 0.4) is 0 Å². The molecule has 1 amide bonds. The normalized spacial score (nSPS) is 13.8. The van der Waals surface area contributed by atoms with E-state index in [9.17, 15) is 9.59 Å². The highest BCUT2D eigenvalue weighted by atomic mass is 35.5. The number of hydrogen-bond donors (Lipinski definition) is 0. The minimum atomic E-state index is -0.261. The number of anilines is 1. The summed E-state index contributed by atoms with van der Waals surface area (Å²) >= 11 is 6.35. The first-order chi connectivity index (χ1) is 11.4. The minimum Gasteiger partial charge on any atom is -0.347 e. The summed E-state index contributed by atoms with van der Waals surface area (Å²) in [5.74, 6) is 1.12. The average Bonchev–Trinajstić information content (AvgIpc) is 2.85. The van der Waals surface area contributed by atoms with Gasteiger partial charge in [0.15, 0.2) is 5.82 Å². The second-order valence-electron chi connectivity index (χ2n) is 5.98. The fourth-order valence-corrected chi connectivity index (χ4v) is 2.83. The Bertz CT molecular complexity index is 841. The molecule has 0 aromatic carbocycles. The van der Waals surface area contributed by atoms with E-state index in [2.05, 4.69) is 10.1 Å². The molecule has 0 fully saturated rings. The van der Waals surface area contributed by atoms with Crippen molar-refractivity contribution in [2.45, 2.75) is 26.6 Å². The number of hydrogen-bond acceptors (Lipinski definition) is 5. The van der Waals surface area contributed by atoms with Gasteiger partial charge in [-0.25, -0.2) is 14.5 Å². The van der Waals surface area contributed by atoms with Gasteiger partial charge in [-0.15, -0.1) is 0 Å². The lowest BCUT2D eigenvalue weighted by atomic mass is 10.2. The molecule has 24 heavy (non-hydrogen) atoms. The Hall–Kier alpha value is -2.35. The molecule has 0 spiro atoms. The predicted octanol–water partition coefficient (Wildman–Crippen LogP) is 0.510. The number of nitrogens with zero attached hydrogens (tertiary/aromatic N) is 6. The van der Waals surface area contributed by atoms with Crippen LogP contribution in [0.2, 0.25) is 5.02 Å². The van der Waals surface area contributed by atoms with Gasteiger partial charge in [-0.05, 0) is 18.6 Å². The van der Waals surface area contributed by atoms with Gasteiger partial charge < -0.3 is 9.80 Å². The molecule has 3 rings (SSSR count). The van der Waals surface area contributed by atoms with Gasteiger partial charge in [-0.3, -0.25) is 9.36 Å². The van der Waals surface area contributed by atoms with Crippen LogP contribution < -0.4 is 10.6 Å². The zero-order valence-electron chi connectivity index (χ0n) is 13.9. The summed E-state index contributed by atoms with van der Waals surface area (Å²) in [5, 5.41) is 4.91. The zero-order chi connectivity index (χ0) is 17.4. The van der Waals surface area contributed by atoms with Gasteiger partial charge in [0.25, 0.3) is 0 Å². The number of halogens is 1. The molecule has 0 saturated carbocycles. The second-order valence-corrected chi connectivity index (χ2v) is 6.36. The highest BCUT2D eigenvalue weighted by molar-refractivity contribution is 6.33. The number of carbonyl (C=O) groups is 1. The van der Waals surface area contributed by atoms with Crippen molar-refractivity contribution >= 4 is 23.3 Å². The van der Waals surface area contributed by atoms with Gasteiger partial charge in [-0.2, -0.15) is 5.10 Å². The highest BCUT2D eigenvalue weighted by Crippen LogP contribution is 2.28. The first-order valence-electron chi connectivity index (χ1n) is 7.61. The first kappa shape index (κ1) is 16.5. The minimum absolute atomic E-state index is 0.0602. The molecule has 0 unspecified atom stereocenters. The summed E-state index contributed by atoms with van der Waals surface area (Å²) in [5.41, 5.74) is 0.690. The van der Waals surface area contributed by atoms with Crippen LogP contribution in [-0.2, 0) is 24.4 Å². The topological polar surface area (TPSA) is 76.3 Å². The van der Waals surface area contributed by atoms with Crippen LogP contribution in [0.1, 0.15) is 11.4 Å². The number of fused-ring (bicyclic) bond motifs is 1. The zero-order valence-corrected chi connectivity index (χ0v) is 14.6. The quantitative estimate of drug-likeness (QED) is 0.806. The lowest BCUT2D eigenvalue weighted by Crippen LogP contribution is -2.39. The van der Waals surface area contributed by atoms with E-state index >= 15 is 0 Å². The maximum absolute atomic E-state index is 12.4. The summed E-state index contributed by atoms with van der Waals surface area (Å²) in [6, 6.07) is 1.85. The molecule has 1 aliphatic heterocycles. The predicted molar refractivity (Wildman–Crippen MR) is 90.2 cm³/mol. The van der Waals surface area contributed by atoms with Crippen LogP contribution >= 0.6 is 11.6 Å². The molecule has 0 aliphatic carbocycles. The third kappa shape index (κ3) is 2.89. The number of likely N-dealkylation sites (N-methyl/N-ethyl adjacent to an activating group) is 1. The van der Waals surface area contributed by atoms with Gasteiger partial charge in [0.2, 0.25) is 5.91 Å². The Morgan fingerprint density at radius 3 is 2.83 bits per heavy atom. The first-order valence-corrected chi connectivity index (χ1v) is 7.99. The van der Waals surface area contributed by atoms with Crippen LogP contribution in [0.25, 0.3) is 0 Å². The van der Waals surface area contributed by atoms with Gasteiger partial charge in [0, 0.05) is 33.4 Å². The number of amides is 1. The summed E-state index contributed by atoms with van der Waals surface area (Å²) in [4.78, 5) is 32.0. The van der Waals surface area contributed by atoms with Gasteiger partial charge in [-0.1, -0.05) is 11.6 Å². The van der Waals surface area contributed by atoms with Crippen molar-refractivity contribution in [2.24, 2.45) is 0 Å². The molecule has 9 heteroatoms.